The van der Waals surface area contributed by atoms with E-state index in [0.717, 1.165) is 18.7 Å². The summed E-state index contributed by atoms with van der Waals surface area (Å²) in [6.45, 7) is 6.19. The smallest absolute Gasteiger partial charge is 0.271 e. The Morgan fingerprint density at radius 3 is 2.41 bits per heavy atom. The van der Waals surface area contributed by atoms with Gasteiger partial charge in [-0.1, -0.05) is 18.2 Å². The third kappa shape index (κ3) is 3.91. The van der Waals surface area contributed by atoms with Crippen LogP contribution in [0.3, 0.4) is 0 Å². The summed E-state index contributed by atoms with van der Waals surface area (Å²) >= 11 is 0. The monoisotopic (exact) mass is 297 g/mol. The normalized spacial score (nSPS) is 10.8. The Morgan fingerprint density at radius 2 is 1.82 bits per heavy atom. The van der Waals surface area contributed by atoms with Crippen LogP contribution in [0, 0.1) is 10.1 Å². The number of nitro benzene ring substituents is 1. The Labute approximate surface area is 130 Å². The summed E-state index contributed by atoms with van der Waals surface area (Å²) in [5, 5.41) is 10.7. The van der Waals surface area contributed by atoms with E-state index in [1.807, 2.05) is 12.1 Å². The first-order valence-electron chi connectivity index (χ1n) is 7.27. The van der Waals surface area contributed by atoms with E-state index in [0.29, 0.717) is 5.69 Å². The van der Waals surface area contributed by atoms with Gasteiger partial charge in [0.15, 0.2) is 0 Å². The second-order valence-corrected chi connectivity index (χ2v) is 4.80. The highest BCUT2D eigenvalue weighted by Gasteiger charge is 2.04. The third-order valence-electron chi connectivity index (χ3n) is 3.42. The van der Waals surface area contributed by atoms with Gasteiger partial charge >= 0.3 is 0 Å². The molecule has 2 rings (SSSR count). The van der Waals surface area contributed by atoms with Gasteiger partial charge in [-0.25, -0.2) is 0 Å². The lowest BCUT2D eigenvalue weighted by Gasteiger charge is -2.20. The number of nitrogens with zero attached hydrogens (tertiary/aromatic N) is 3. The number of non-ortho nitro benzene ring substituents is 1. The molecule has 5 nitrogen and oxygen atoms in total. The van der Waals surface area contributed by atoms with E-state index in [1.54, 1.807) is 18.3 Å². The van der Waals surface area contributed by atoms with Crippen LogP contribution >= 0.6 is 0 Å². The van der Waals surface area contributed by atoms with E-state index < -0.39 is 4.92 Å². The summed E-state index contributed by atoms with van der Waals surface area (Å²) in [6, 6.07) is 14.4. The first-order chi connectivity index (χ1) is 10.6. The molecule has 0 heterocycles. The standard InChI is InChI=1S/C17H19N3O2/c1-3-19(4-2)16-10-8-14(9-11-16)13-18-15-6-5-7-17(12-15)20(21)22/h5-13H,3-4H2,1-2H3. The Balaban J connectivity index is 2.13. The number of nitro groups is 1. The van der Waals surface area contributed by atoms with Crippen LogP contribution in [0.4, 0.5) is 17.1 Å². The van der Waals surface area contributed by atoms with Crippen LogP contribution in [0.5, 0.6) is 0 Å². The minimum atomic E-state index is -0.419. The molecular formula is C17H19N3O2. The van der Waals surface area contributed by atoms with Gasteiger partial charge in [-0.05, 0) is 37.6 Å². The van der Waals surface area contributed by atoms with Crippen molar-refractivity contribution in [3.8, 4) is 0 Å². The minimum absolute atomic E-state index is 0.0477. The van der Waals surface area contributed by atoms with Crippen molar-refractivity contribution in [2.45, 2.75) is 13.8 Å². The number of anilines is 1. The maximum Gasteiger partial charge on any atom is 0.271 e. The molecule has 0 aliphatic rings. The minimum Gasteiger partial charge on any atom is -0.372 e. The highest BCUT2D eigenvalue weighted by molar-refractivity contribution is 5.82. The van der Waals surface area contributed by atoms with E-state index in [9.17, 15) is 10.1 Å². The molecule has 2 aromatic carbocycles. The molecule has 0 bridgehead atoms. The van der Waals surface area contributed by atoms with Gasteiger partial charge in [0, 0.05) is 37.1 Å². The molecule has 114 valence electrons. The summed E-state index contributed by atoms with van der Waals surface area (Å²) in [4.78, 5) is 16.9. The fraction of sp³-hybridized carbons (Fsp3) is 0.235. The maximum absolute atomic E-state index is 10.7. The summed E-state index contributed by atoms with van der Waals surface area (Å²) in [7, 11) is 0. The van der Waals surface area contributed by atoms with Crippen molar-refractivity contribution in [3.63, 3.8) is 0 Å². The Bertz CT molecular complexity index is 662. The molecule has 0 N–H and O–H groups in total. The molecule has 22 heavy (non-hydrogen) atoms. The zero-order valence-electron chi connectivity index (χ0n) is 12.8. The molecule has 0 spiro atoms. The Hall–Kier alpha value is -2.69. The van der Waals surface area contributed by atoms with E-state index in [2.05, 4.69) is 35.9 Å². The van der Waals surface area contributed by atoms with Crippen molar-refractivity contribution < 1.29 is 4.92 Å². The Morgan fingerprint density at radius 1 is 1.14 bits per heavy atom. The molecule has 5 heteroatoms. The largest absolute Gasteiger partial charge is 0.372 e. The molecule has 0 aliphatic heterocycles. The lowest BCUT2D eigenvalue weighted by Crippen LogP contribution is -2.21. The predicted molar refractivity (Wildman–Crippen MR) is 90.4 cm³/mol. The van der Waals surface area contributed by atoms with Gasteiger partial charge in [0.1, 0.15) is 0 Å². The van der Waals surface area contributed by atoms with Gasteiger partial charge < -0.3 is 4.90 Å². The van der Waals surface area contributed by atoms with Crippen molar-refractivity contribution in [1.29, 1.82) is 0 Å². The summed E-state index contributed by atoms with van der Waals surface area (Å²) in [6.07, 6.45) is 1.71. The highest BCUT2D eigenvalue weighted by atomic mass is 16.6. The van der Waals surface area contributed by atoms with Crippen LogP contribution in [0.15, 0.2) is 53.5 Å². The zero-order valence-corrected chi connectivity index (χ0v) is 12.8. The van der Waals surface area contributed by atoms with Crippen LogP contribution in [-0.4, -0.2) is 24.2 Å². The van der Waals surface area contributed by atoms with Crippen molar-refractivity contribution in [1.82, 2.24) is 0 Å². The average molecular weight is 297 g/mol. The molecule has 0 saturated carbocycles. The predicted octanol–water partition coefficient (Wildman–Crippen LogP) is 4.19. The van der Waals surface area contributed by atoms with Crippen LogP contribution in [0.2, 0.25) is 0 Å². The third-order valence-corrected chi connectivity index (χ3v) is 3.42. The molecule has 0 atom stereocenters. The fourth-order valence-electron chi connectivity index (χ4n) is 2.20. The molecule has 0 aliphatic carbocycles. The van der Waals surface area contributed by atoms with Crippen molar-refractivity contribution in [3.05, 3.63) is 64.2 Å². The van der Waals surface area contributed by atoms with Crippen LogP contribution < -0.4 is 4.90 Å². The number of hydrogen-bond donors (Lipinski definition) is 0. The van der Waals surface area contributed by atoms with Gasteiger partial charge in [-0.3, -0.25) is 15.1 Å². The summed E-state index contributed by atoms with van der Waals surface area (Å²) in [5.74, 6) is 0. The van der Waals surface area contributed by atoms with E-state index in [1.165, 1.54) is 17.8 Å². The fourth-order valence-corrected chi connectivity index (χ4v) is 2.20. The van der Waals surface area contributed by atoms with Crippen molar-refractivity contribution >= 4 is 23.3 Å². The lowest BCUT2D eigenvalue weighted by atomic mass is 10.2. The SMILES string of the molecule is CCN(CC)c1ccc(C=Nc2cccc([N+](=O)[O-])c2)cc1. The van der Waals surface area contributed by atoms with Gasteiger partial charge in [0.05, 0.1) is 10.6 Å². The lowest BCUT2D eigenvalue weighted by molar-refractivity contribution is -0.384. The number of aliphatic imine (C=N–C) groups is 1. The molecule has 0 amide bonds. The molecule has 0 fully saturated rings. The quantitative estimate of drug-likeness (QED) is 0.456. The number of benzene rings is 2. The first kappa shape index (κ1) is 15.7. The first-order valence-corrected chi connectivity index (χ1v) is 7.27. The molecule has 0 radical (unpaired) electrons. The van der Waals surface area contributed by atoms with Gasteiger partial charge in [0.25, 0.3) is 5.69 Å². The van der Waals surface area contributed by atoms with E-state index >= 15 is 0 Å². The summed E-state index contributed by atoms with van der Waals surface area (Å²) < 4.78 is 0. The molecule has 0 aromatic heterocycles. The highest BCUT2D eigenvalue weighted by Crippen LogP contribution is 2.20. The second kappa shape index (κ2) is 7.36. The molecule has 0 unspecified atom stereocenters. The number of hydrogen-bond acceptors (Lipinski definition) is 4. The maximum atomic E-state index is 10.7. The van der Waals surface area contributed by atoms with Crippen molar-refractivity contribution in [2.24, 2.45) is 4.99 Å². The van der Waals surface area contributed by atoms with Gasteiger partial charge in [-0.15, -0.1) is 0 Å². The van der Waals surface area contributed by atoms with Crippen LogP contribution in [0.25, 0.3) is 0 Å². The van der Waals surface area contributed by atoms with E-state index in [4.69, 9.17) is 0 Å². The van der Waals surface area contributed by atoms with Crippen molar-refractivity contribution in [2.75, 3.05) is 18.0 Å². The second-order valence-electron chi connectivity index (χ2n) is 4.80. The molecule has 0 saturated heterocycles. The van der Waals surface area contributed by atoms with Crippen LogP contribution in [-0.2, 0) is 0 Å². The summed E-state index contributed by atoms with van der Waals surface area (Å²) in [5.41, 5.74) is 2.76. The topological polar surface area (TPSA) is 58.7 Å². The van der Waals surface area contributed by atoms with Gasteiger partial charge in [0.2, 0.25) is 0 Å². The number of rotatable bonds is 6. The Kier molecular flexibility index (Phi) is 5.25. The van der Waals surface area contributed by atoms with Crippen LogP contribution in [0.1, 0.15) is 19.4 Å². The molecular weight excluding hydrogens is 278 g/mol. The van der Waals surface area contributed by atoms with E-state index in [-0.39, 0.29) is 5.69 Å². The van der Waals surface area contributed by atoms with Gasteiger partial charge in [-0.2, -0.15) is 0 Å². The molecule has 2 aromatic rings. The average Bonchev–Trinajstić information content (AvgIpc) is 2.55. The zero-order chi connectivity index (χ0) is 15.9.